The summed E-state index contributed by atoms with van der Waals surface area (Å²) in [6, 6.07) is 4.43. The van der Waals surface area contributed by atoms with Crippen molar-refractivity contribution in [2.45, 2.75) is 18.4 Å². The number of aromatic carboxylic acids is 1. The lowest BCUT2D eigenvalue weighted by atomic mass is 10.1. The van der Waals surface area contributed by atoms with Gasteiger partial charge in [0.05, 0.1) is 23.9 Å². The lowest BCUT2D eigenvalue weighted by Gasteiger charge is -2.13. The van der Waals surface area contributed by atoms with Gasteiger partial charge in [0.25, 0.3) is 0 Å². The number of carboxylic acid groups (broad SMARTS) is 1. The van der Waals surface area contributed by atoms with Crippen molar-refractivity contribution in [3.8, 4) is 5.75 Å². The Morgan fingerprint density at radius 2 is 2.11 bits per heavy atom. The van der Waals surface area contributed by atoms with Gasteiger partial charge >= 0.3 is 5.97 Å². The van der Waals surface area contributed by atoms with Gasteiger partial charge in [-0.1, -0.05) is 0 Å². The summed E-state index contributed by atoms with van der Waals surface area (Å²) in [6.45, 7) is 0. The number of carbonyl (C=O) groups excluding carboxylic acids is 1. The minimum atomic E-state index is -1.13. The van der Waals surface area contributed by atoms with Crippen LogP contribution >= 0.6 is 0 Å². The van der Waals surface area contributed by atoms with E-state index in [1.54, 1.807) is 6.07 Å². The summed E-state index contributed by atoms with van der Waals surface area (Å²) in [7, 11) is 1.44. The third-order valence-electron chi connectivity index (χ3n) is 2.95. The molecule has 1 aliphatic rings. The van der Waals surface area contributed by atoms with Gasteiger partial charge < -0.3 is 20.9 Å². The molecular formula is C12H14N2O4. The van der Waals surface area contributed by atoms with Crippen molar-refractivity contribution in [3.63, 3.8) is 0 Å². The maximum atomic E-state index is 11.8. The molecule has 1 fully saturated rings. The van der Waals surface area contributed by atoms with Crippen molar-refractivity contribution in [3.05, 3.63) is 23.8 Å². The highest BCUT2D eigenvalue weighted by Crippen LogP contribution is 2.34. The molecule has 0 radical (unpaired) electrons. The topological polar surface area (TPSA) is 102 Å². The molecule has 2 rings (SSSR count). The highest BCUT2D eigenvalue weighted by molar-refractivity contribution is 6.05. The first-order valence-electron chi connectivity index (χ1n) is 5.48. The summed E-state index contributed by atoms with van der Waals surface area (Å²) in [5.74, 6) is -1.07. The van der Waals surface area contributed by atoms with E-state index < -0.39 is 11.5 Å². The first kappa shape index (κ1) is 12.4. The van der Waals surface area contributed by atoms with Gasteiger partial charge in [-0.15, -0.1) is 0 Å². The summed E-state index contributed by atoms with van der Waals surface area (Å²) in [6.07, 6.45) is 1.24. The molecule has 1 amide bonds. The second-order valence-corrected chi connectivity index (χ2v) is 4.33. The van der Waals surface area contributed by atoms with Crippen LogP contribution in [0.3, 0.4) is 0 Å². The highest BCUT2D eigenvalue weighted by Gasteiger charge is 2.46. The predicted octanol–water partition coefficient (Wildman–Crippen LogP) is 0.823. The van der Waals surface area contributed by atoms with Gasteiger partial charge in [-0.2, -0.15) is 0 Å². The molecule has 1 aromatic carbocycles. The number of carboxylic acids is 1. The first-order chi connectivity index (χ1) is 8.46. The van der Waals surface area contributed by atoms with E-state index in [1.165, 1.54) is 19.2 Å². The van der Waals surface area contributed by atoms with Crippen LogP contribution in [0.25, 0.3) is 0 Å². The van der Waals surface area contributed by atoms with E-state index in [-0.39, 0.29) is 17.2 Å². The van der Waals surface area contributed by atoms with Crippen LogP contribution in [0, 0.1) is 0 Å². The van der Waals surface area contributed by atoms with Gasteiger partial charge in [-0.3, -0.25) is 4.79 Å². The zero-order valence-corrected chi connectivity index (χ0v) is 9.90. The van der Waals surface area contributed by atoms with Gasteiger partial charge in [0.2, 0.25) is 5.91 Å². The van der Waals surface area contributed by atoms with Crippen LogP contribution in [0.2, 0.25) is 0 Å². The zero-order valence-electron chi connectivity index (χ0n) is 9.90. The van der Waals surface area contributed by atoms with Crippen LogP contribution in [-0.2, 0) is 4.79 Å². The van der Waals surface area contributed by atoms with Crippen LogP contribution in [0.5, 0.6) is 5.75 Å². The molecule has 0 spiro atoms. The van der Waals surface area contributed by atoms with Crippen molar-refractivity contribution in [2.24, 2.45) is 5.73 Å². The zero-order chi connectivity index (χ0) is 13.3. The molecule has 1 aromatic rings. The molecule has 0 bridgehead atoms. The van der Waals surface area contributed by atoms with Gasteiger partial charge in [-0.25, -0.2) is 4.79 Å². The number of ether oxygens (including phenoxy) is 1. The molecule has 0 aliphatic heterocycles. The fourth-order valence-electron chi connectivity index (χ4n) is 1.54. The summed E-state index contributed by atoms with van der Waals surface area (Å²) in [4.78, 5) is 22.9. The molecule has 1 saturated carbocycles. The molecule has 0 atom stereocenters. The lowest BCUT2D eigenvalue weighted by Crippen LogP contribution is -2.38. The molecule has 96 valence electrons. The molecule has 4 N–H and O–H groups in total. The third kappa shape index (κ3) is 2.28. The fourth-order valence-corrected chi connectivity index (χ4v) is 1.54. The van der Waals surface area contributed by atoms with E-state index in [9.17, 15) is 9.59 Å². The van der Waals surface area contributed by atoms with Crippen LogP contribution in [0.4, 0.5) is 5.69 Å². The second kappa shape index (κ2) is 4.30. The van der Waals surface area contributed by atoms with Crippen LogP contribution in [0.15, 0.2) is 18.2 Å². The number of amides is 1. The van der Waals surface area contributed by atoms with Crippen molar-refractivity contribution >= 4 is 17.6 Å². The first-order valence-corrected chi connectivity index (χ1v) is 5.48. The lowest BCUT2D eigenvalue weighted by molar-refractivity contribution is -0.118. The monoisotopic (exact) mass is 250 g/mol. The normalized spacial score (nSPS) is 15.9. The third-order valence-corrected chi connectivity index (χ3v) is 2.95. The second-order valence-electron chi connectivity index (χ2n) is 4.33. The van der Waals surface area contributed by atoms with Gasteiger partial charge in [-0.05, 0) is 31.0 Å². The van der Waals surface area contributed by atoms with Crippen LogP contribution in [-0.4, -0.2) is 29.6 Å². The van der Waals surface area contributed by atoms with Crippen LogP contribution in [0.1, 0.15) is 23.2 Å². The molecule has 0 saturated heterocycles. The largest absolute Gasteiger partial charge is 0.497 e. The smallest absolute Gasteiger partial charge is 0.337 e. The predicted molar refractivity (Wildman–Crippen MR) is 64.7 cm³/mol. The minimum absolute atomic E-state index is 0.0213. The van der Waals surface area contributed by atoms with Crippen LogP contribution < -0.4 is 15.8 Å². The highest BCUT2D eigenvalue weighted by atomic mass is 16.5. The summed E-state index contributed by atoms with van der Waals surface area (Å²) in [5.41, 5.74) is 5.10. The minimum Gasteiger partial charge on any atom is -0.497 e. The fraction of sp³-hybridized carbons (Fsp3) is 0.333. The Kier molecular flexibility index (Phi) is 2.96. The quantitative estimate of drug-likeness (QED) is 0.734. The van der Waals surface area contributed by atoms with Crippen molar-refractivity contribution < 1.29 is 19.4 Å². The Bertz CT molecular complexity index is 509. The summed E-state index contributed by atoms with van der Waals surface area (Å²) in [5, 5.41) is 11.6. The van der Waals surface area contributed by atoms with Gasteiger partial charge in [0.15, 0.2) is 0 Å². The number of hydrogen-bond donors (Lipinski definition) is 3. The number of nitrogens with one attached hydrogen (secondary N) is 1. The SMILES string of the molecule is COc1ccc(NC(=O)C2(N)CC2)c(C(=O)O)c1. The van der Waals surface area contributed by atoms with Gasteiger partial charge in [0.1, 0.15) is 5.75 Å². The van der Waals surface area contributed by atoms with E-state index in [4.69, 9.17) is 15.6 Å². The Labute approximate surface area is 104 Å². The Hall–Kier alpha value is -2.08. The molecule has 6 heteroatoms. The number of rotatable bonds is 4. The van der Waals surface area contributed by atoms with E-state index in [1.807, 2.05) is 0 Å². The van der Waals surface area contributed by atoms with Crippen molar-refractivity contribution in [1.82, 2.24) is 0 Å². The summed E-state index contributed by atoms with van der Waals surface area (Å²) < 4.78 is 4.94. The van der Waals surface area contributed by atoms with Gasteiger partial charge in [0, 0.05) is 0 Å². The molecule has 0 heterocycles. The number of benzene rings is 1. The average Bonchev–Trinajstić information content (AvgIpc) is 3.09. The van der Waals surface area contributed by atoms with E-state index in [0.29, 0.717) is 18.6 Å². The van der Waals surface area contributed by atoms with Crippen molar-refractivity contribution in [2.75, 3.05) is 12.4 Å². The maximum absolute atomic E-state index is 11.8. The Morgan fingerprint density at radius 1 is 1.44 bits per heavy atom. The molecule has 0 unspecified atom stereocenters. The molecule has 18 heavy (non-hydrogen) atoms. The number of hydrogen-bond acceptors (Lipinski definition) is 4. The van der Waals surface area contributed by atoms with Crippen molar-refractivity contribution in [1.29, 1.82) is 0 Å². The molecule has 1 aliphatic carbocycles. The standard InChI is InChI=1S/C12H14N2O4/c1-18-7-2-3-9(8(6-7)10(15)16)14-11(17)12(13)4-5-12/h2-3,6H,4-5,13H2,1H3,(H,14,17)(H,15,16). The van der Waals surface area contributed by atoms with E-state index in [2.05, 4.69) is 5.32 Å². The average molecular weight is 250 g/mol. The van der Waals surface area contributed by atoms with E-state index >= 15 is 0 Å². The number of methoxy groups -OCH3 is 1. The maximum Gasteiger partial charge on any atom is 0.337 e. The number of anilines is 1. The van der Waals surface area contributed by atoms with E-state index in [0.717, 1.165) is 0 Å². The number of carbonyl (C=O) groups is 2. The summed E-state index contributed by atoms with van der Waals surface area (Å²) >= 11 is 0. The molecular weight excluding hydrogens is 236 g/mol. The Balaban J connectivity index is 2.26. The Morgan fingerprint density at radius 3 is 2.61 bits per heavy atom. The number of nitrogens with two attached hydrogens (primary N) is 1. The molecule has 0 aromatic heterocycles. The molecule has 6 nitrogen and oxygen atoms in total.